The van der Waals surface area contributed by atoms with Crippen LogP contribution in [0.4, 0.5) is 0 Å². The molecule has 2 rings (SSSR count). The number of aryl methyl sites for hydroxylation is 2. The zero-order valence-electron chi connectivity index (χ0n) is 14.9. The van der Waals surface area contributed by atoms with Crippen LogP contribution in [0.5, 0.6) is 0 Å². The Morgan fingerprint density at radius 1 is 1.18 bits per heavy atom. The van der Waals surface area contributed by atoms with Crippen molar-refractivity contribution in [2.75, 3.05) is 0 Å². The largest absolute Gasteiger partial charge is 0.309 e. The van der Waals surface area contributed by atoms with Gasteiger partial charge in [0, 0.05) is 29.7 Å². The Labute approximate surface area is 141 Å². The fraction of sp³-hybridized carbons (Fsp3) is 0.684. The predicted octanol–water partition coefficient (Wildman–Crippen LogP) is 4.60. The number of halogens is 1. The number of nitrogens with one attached hydrogen (secondary N) is 2. The van der Waals surface area contributed by atoms with Gasteiger partial charge < -0.3 is 10.6 Å². The van der Waals surface area contributed by atoms with E-state index in [1.54, 1.807) is 0 Å². The molecule has 1 fully saturated rings. The van der Waals surface area contributed by atoms with E-state index in [1.165, 1.54) is 29.5 Å². The van der Waals surface area contributed by atoms with Crippen LogP contribution < -0.4 is 10.6 Å². The van der Waals surface area contributed by atoms with E-state index >= 15 is 0 Å². The summed E-state index contributed by atoms with van der Waals surface area (Å²) in [6.45, 7) is 14.3. The third kappa shape index (κ3) is 4.24. The van der Waals surface area contributed by atoms with Gasteiger partial charge in [0.2, 0.25) is 0 Å². The summed E-state index contributed by atoms with van der Waals surface area (Å²) in [5, 5.41) is 8.37. The molecule has 1 aromatic rings. The van der Waals surface area contributed by atoms with Crippen LogP contribution in [-0.4, -0.2) is 18.1 Å². The maximum atomic E-state index is 6.40. The first-order chi connectivity index (χ1) is 10.2. The van der Waals surface area contributed by atoms with Gasteiger partial charge in [0.1, 0.15) is 0 Å². The molecule has 0 bridgehead atoms. The predicted molar refractivity (Wildman–Crippen MR) is 96.6 cm³/mol. The van der Waals surface area contributed by atoms with Gasteiger partial charge >= 0.3 is 0 Å². The molecule has 0 aromatic heterocycles. The Balaban J connectivity index is 1.90. The highest BCUT2D eigenvalue weighted by molar-refractivity contribution is 6.31. The SMILES string of the molecule is Cc1cc(C)c(CNC2CCC2NC(C)C(C)(C)C)c(Cl)c1. The third-order valence-corrected chi connectivity index (χ3v) is 5.48. The molecule has 2 nitrogen and oxygen atoms in total. The van der Waals surface area contributed by atoms with Gasteiger partial charge in [-0.1, -0.05) is 38.4 Å². The Morgan fingerprint density at radius 2 is 1.82 bits per heavy atom. The van der Waals surface area contributed by atoms with Crippen molar-refractivity contribution in [1.82, 2.24) is 10.6 Å². The van der Waals surface area contributed by atoms with Gasteiger partial charge in [-0.15, -0.1) is 0 Å². The van der Waals surface area contributed by atoms with E-state index < -0.39 is 0 Å². The van der Waals surface area contributed by atoms with E-state index in [9.17, 15) is 0 Å². The normalized spacial score (nSPS) is 23.2. The lowest BCUT2D eigenvalue weighted by molar-refractivity contribution is 0.176. The monoisotopic (exact) mass is 322 g/mol. The Hall–Kier alpha value is -0.570. The highest BCUT2D eigenvalue weighted by Gasteiger charge is 2.33. The van der Waals surface area contributed by atoms with E-state index in [2.05, 4.69) is 64.3 Å². The van der Waals surface area contributed by atoms with Gasteiger partial charge in [-0.2, -0.15) is 0 Å². The highest BCUT2D eigenvalue weighted by atomic mass is 35.5. The van der Waals surface area contributed by atoms with Crippen molar-refractivity contribution in [3.05, 3.63) is 33.8 Å². The molecule has 0 heterocycles. The van der Waals surface area contributed by atoms with Crippen LogP contribution in [0.25, 0.3) is 0 Å². The Morgan fingerprint density at radius 3 is 2.32 bits per heavy atom. The van der Waals surface area contributed by atoms with Crippen LogP contribution in [0.1, 0.15) is 57.2 Å². The van der Waals surface area contributed by atoms with Crippen LogP contribution >= 0.6 is 11.6 Å². The molecule has 1 saturated carbocycles. The molecule has 124 valence electrons. The van der Waals surface area contributed by atoms with Crippen LogP contribution in [0, 0.1) is 19.3 Å². The van der Waals surface area contributed by atoms with Crippen LogP contribution in [-0.2, 0) is 6.54 Å². The first-order valence-corrected chi connectivity index (χ1v) is 8.81. The summed E-state index contributed by atoms with van der Waals surface area (Å²) in [6.07, 6.45) is 2.51. The van der Waals surface area contributed by atoms with Crippen molar-refractivity contribution in [1.29, 1.82) is 0 Å². The second kappa shape index (κ2) is 6.90. The van der Waals surface area contributed by atoms with E-state index in [4.69, 9.17) is 11.6 Å². The quantitative estimate of drug-likeness (QED) is 0.827. The molecular weight excluding hydrogens is 292 g/mol. The van der Waals surface area contributed by atoms with Crippen LogP contribution in [0.3, 0.4) is 0 Å². The molecule has 22 heavy (non-hydrogen) atoms. The minimum Gasteiger partial charge on any atom is -0.309 e. The van der Waals surface area contributed by atoms with E-state index in [0.29, 0.717) is 23.5 Å². The molecule has 1 aromatic carbocycles. The third-order valence-electron chi connectivity index (χ3n) is 5.14. The maximum absolute atomic E-state index is 6.40. The molecule has 1 aliphatic carbocycles. The number of benzene rings is 1. The second-order valence-corrected chi connectivity index (χ2v) is 8.38. The van der Waals surface area contributed by atoms with Crippen molar-refractivity contribution in [3.63, 3.8) is 0 Å². The van der Waals surface area contributed by atoms with Crippen LogP contribution in [0.15, 0.2) is 12.1 Å². The molecule has 3 unspecified atom stereocenters. The molecule has 0 radical (unpaired) electrons. The summed E-state index contributed by atoms with van der Waals surface area (Å²) < 4.78 is 0. The fourth-order valence-corrected chi connectivity index (χ4v) is 3.31. The van der Waals surface area contributed by atoms with E-state index in [0.717, 1.165) is 11.6 Å². The molecule has 0 saturated heterocycles. The topological polar surface area (TPSA) is 24.1 Å². The molecule has 1 aliphatic rings. The Bertz CT molecular complexity index is 496. The zero-order valence-corrected chi connectivity index (χ0v) is 15.6. The summed E-state index contributed by atoms with van der Waals surface area (Å²) in [5.41, 5.74) is 4.05. The van der Waals surface area contributed by atoms with Crippen LogP contribution in [0.2, 0.25) is 5.02 Å². The lowest BCUT2D eigenvalue weighted by atomic mass is 9.82. The lowest BCUT2D eigenvalue weighted by Crippen LogP contribution is -2.59. The highest BCUT2D eigenvalue weighted by Crippen LogP contribution is 2.27. The number of hydrogen-bond acceptors (Lipinski definition) is 2. The van der Waals surface area contributed by atoms with Gasteiger partial charge in [0.05, 0.1) is 0 Å². The van der Waals surface area contributed by atoms with Crippen molar-refractivity contribution >= 4 is 11.6 Å². The lowest BCUT2D eigenvalue weighted by Gasteiger charge is -2.42. The standard InChI is InChI=1S/C19H31ClN2/c1-12-9-13(2)15(16(20)10-12)11-21-17-7-8-18(17)22-14(3)19(4,5)6/h9-10,14,17-18,21-22H,7-8,11H2,1-6H3. The zero-order chi connectivity index (χ0) is 16.5. The van der Waals surface area contributed by atoms with E-state index in [-0.39, 0.29) is 0 Å². The van der Waals surface area contributed by atoms with Crippen molar-refractivity contribution < 1.29 is 0 Å². The first-order valence-electron chi connectivity index (χ1n) is 8.43. The maximum Gasteiger partial charge on any atom is 0.0456 e. The molecule has 0 aliphatic heterocycles. The van der Waals surface area contributed by atoms with Gasteiger partial charge in [-0.05, 0) is 61.8 Å². The Kier molecular flexibility index (Phi) is 5.58. The summed E-state index contributed by atoms with van der Waals surface area (Å²) >= 11 is 6.40. The van der Waals surface area contributed by atoms with Crippen molar-refractivity contribution in [3.8, 4) is 0 Å². The summed E-state index contributed by atoms with van der Waals surface area (Å²) in [4.78, 5) is 0. The minimum atomic E-state index is 0.303. The fourth-order valence-electron chi connectivity index (χ4n) is 2.92. The number of rotatable bonds is 5. The van der Waals surface area contributed by atoms with Gasteiger partial charge in [0.25, 0.3) is 0 Å². The molecule has 0 spiro atoms. The number of hydrogen-bond donors (Lipinski definition) is 2. The average molecular weight is 323 g/mol. The van der Waals surface area contributed by atoms with Gasteiger partial charge in [-0.3, -0.25) is 0 Å². The summed E-state index contributed by atoms with van der Waals surface area (Å²) in [6, 6.07) is 5.93. The van der Waals surface area contributed by atoms with Crippen molar-refractivity contribution in [2.45, 2.75) is 79.1 Å². The molecule has 2 N–H and O–H groups in total. The second-order valence-electron chi connectivity index (χ2n) is 7.97. The van der Waals surface area contributed by atoms with Gasteiger partial charge in [-0.25, -0.2) is 0 Å². The summed E-state index contributed by atoms with van der Waals surface area (Å²) in [5.74, 6) is 0. The molecule has 3 atom stereocenters. The molecular formula is C19H31ClN2. The summed E-state index contributed by atoms with van der Waals surface area (Å²) in [7, 11) is 0. The smallest absolute Gasteiger partial charge is 0.0456 e. The van der Waals surface area contributed by atoms with Crippen molar-refractivity contribution in [2.24, 2.45) is 5.41 Å². The van der Waals surface area contributed by atoms with Gasteiger partial charge in [0.15, 0.2) is 0 Å². The van der Waals surface area contributed by atoms with E-state index in [1.807, 2.05) is 0 Å². The average Bonchev–Trinajstić information content (AvgIpc) is 2.36. The molecule has 0 amide bonds. The first kappa shape index (κ1) is 17.8. The minimum absolute atomic E-state index is 0.303. The molecule has 3 heteroatoms.